The first-order valence-corrected chi connectivity index (χ1v) is 9.31. The van der Waals surface area contributed by atoms with Crippen LogP contribution in [0.4, 0.5) is 0 Å². The Labute approximate surface area is 156 Å². The average Bonchev–Trinajstić information content (AvgIpc) is 3.30. The van der Waals surface area contributed by atoms with Crippen LogP contribution in [-0.4, -0.2) is 60.5 Å². The molecule has 2 aliphatic heterocycles. The number of aryl methyl sites for hydroxylation is 1. The highest BCUT2D eigenvalue weighted by Crippen LogP contribution is 2.31. The molecule has 138 valence electrons. The van der Waals surface area contributed by atoms with Gasteiger partial charge < -0.3 is 19.0 Å². The van der Waals surface area contributed by atoms with Crippen LogP contribution in [0.2, 0.25) is 5.02 Å². The van der Waals surface area contributed by atoms with Crippen molar-refractivity contribution in [3.63, 3.8) is 0 Å². The summed E-state index contributed by atoms with van der Waals surface area (Å²) in [4.78, 5) is 28.8. The molecular formula is C19H21ClN2O4. The predicted molar refractivity (Wildman–Crippen MR) is 97.4 cm³/mol. The maximum absolute atomic E-state index is 12.9. The van der Waals surface area contributed by atoms with Crippen LogP contribution in [0.15, 0.2) is 22.6 Å². The second kappa shape index (κ2) is 6.93. The van der Waals surface area contributed by atoms with Gasteiger partial charge in [-0.05, 0) is 25.8 Å². The number of fused-ring (bicyclic) bond motifs is 1. The van der Waals surface area contributed by atoms with Gasteiger partial charge in [-0.3, -0.25) is 9.59 Å². The summed E-state index contributed by atoms with van der Waals surface area (Å²) in [6.45, 7) is 4.54. The number of benzene rings is 1. The summed E-state index contributed by atoms with van der Waals surface area (Å²) in [7, 11) is 0. The van der Waals surface area contributed by atoms with Gasteiger partial charge in [-0.2, -0.15) is 0 Å². The minimum absolute atomic E-state index is 0.0429. The maximum atomic E-state index is 12.9. The first-order chi connectivity index (χ1) is 12.6. The van der Waals surface area contributed by atoms with Crippen LogP contribution >= 0.6 is 11.6 Å². The first kappa shape index (κ1) is 17.4. The van der Waals surface area contributed by atoms with Gasteiger partial charge in [-0.15, -0.1) is 0 Å². The fraction of sp³-hybridized carbons (Fsp3) is 0.474. The van der Waals surface area contributed by atoms with Crippen LogP contribution in [0.25, 0.3) is 11.0 Å². The van der Waals surface area contributed by atoms with Crippen LogP contribution in [0.1, 0.15) is 29.0 Å². The number of ether oxygens (including phenoxy) is 1. The van der Waals surface area contributed by atoms with E-state index in [1.807, 2.05) is 19.1 Å². The molecule has 0 aliphatic carbocycles. The van der Waals surface area contributed by atoms with Crippen LogP contribution in [0, 0.1) is 6.92 Å². The lowest BCUT2D eigenvalue weighted by Crippen LogP contribution is -2.52. The van der Waals surface area contributed by atoms with Gasteiger partial charge in [0.1, 0.15) is 6.10 Å². The van der Waals surface area contributed by atoms with Crippen molar-refractivity contribution >= 4 is 34.4 Å². The highest BCUT2D eigenvalue weighted by molar-refractivity contribution is 6.35. The summed E-state index contributed by atoms with van der Waals surface area (Å²) in [5, 5.41) is 1.35. The van der Waals surface area contributed by atoms with Crippen LogP contribution in [-0.2, 0) is 9.53 Å². The van der Waals surface area contributed by atoms with E-state index in [4.69, 9.17) is 20.8 Å². The summed E-state index contributed by atoms with van der Waals surface area (Å²) in [6, 6.07) is 5.49. The Hall–Kier alpha value is -2.05. The van der Waals surface area contributed by atoms with Crippen molar-refractivity contribution in [3.05, 3.63) is 34.5 Å². The third-order valence-electron chi connectivity index (χ3n) is 5.19. The van der Waals surface area contributed by atoms with E-state index in [1.54, 1.807) is 15.9 Å². The topological polar surface area (TPSA) is 63.0 Å². The molecule has 1 aromatic carbocycles. The summed E-state index contributed by atoms with van der Waals surface area (Å²) in [5.74, 6) is 0.215. The van der Waals surface area contributed by atoms with Gasteiger partial charge in [0, 0.05) is 43.7 Å². The van der Waals surface area contributed by atoms with Crippen molar-refractivity contribution in [2.24, 2.45) is 0 Å². The molecule has 26 heavy (non-hydrogen) atoms. The van der Waals surface area contributed by atoms with Crippen molar-refractivity contribution in [3.8, 4) is 0 Å². The molecule has 2 aliphatic rings. The normalized spacial score (nSPS) is 20.8. The number of piperazine rings is 1. The number of furan rings is 1. The molecule has 2 saturated heterocycles. The van der Waals surface area contributed by atoms with Crippen molar-refractivity contribution in [2.45, 2.75) is 25.9 Å². The molecule has 3 heterocycles. The lowest BCUT2D eigenvalue weighted by Gasteiger charge is -2.35. The number of para-hydroxylation sites is 1. The van der Waals surface area contributed by atoms with Gasteiger partial charge in [-0.25, -0.2) is 0 Å². The van der Waals surface area contributed by atoms with Gasteiger partial charge in [0.2, 0.25) is 0 Å². The summed E-state index contributed by atoms with van der Waals surface area (Å²) in [6.07, 6.45) is 1.41. The molecule has 0 radical (unpaired) electrons. The smallest absolute Gasteiger partial charge is 0.290 e. The molecule has 0 bridgehead atoms. The average molecular weight is 377 g/mol. The Bertz CT molecular complexity index is 849. The van der Waals surface area contributed by atoms with Gasteiger partial charge in [0.25, 0.3) is 11.8 Å². The molecule has 4 rings (SSSR count). The number of nitrogens with zero attached hydrogens (tertiary/aromatic N) is 2. The molecule has 2 fully saturated rings. The van der Waals surface area contributed by atoms with Crippen molar-refractivity contribution in [2.75, 3.05) is 32.8 Å². The maximum Gasteiger partial charge on any atom is 0.290 e. The van der Waals surface area contributed by atoms with Gasteiger partial charge in [-0.1, -0.05) is 23.7 Å². The van der Waals surface area contributed by atoms with Gasteiger partial charge in [0.05, 0.1) is 5.02 Å². The molecule has 0 spiro atoms. The quantitative estimate of drug-likeness (QED) is 0.808. The zero-order chi connectivity index (χ0) is 18.3. The molecule has 0 unspecified atom stereocenters. The highest BCUT2D eigenvalue weighted by atomic mass is 35.5. The minimum Gasteiger partial charge on any atom is -0.449 e. The number of carbonyl (C=O) groups excluding carboxylic acids is 2. The van der Waals surface area contributed by atoms with Crippen LogP contribution in [0.5, 0.6) is 0 Å². The molecule has 0 saturated carbocycles. The van der Waals surface area contributed by atoms with E-state index in [0.29, 0.717) is 49.2 Å². The molecule has 0 N–H and O–H groups in total. The Morgan fingerprint density at radius 1 is 1.15 bits per heavy atom. The molecule has 1 aromatic heterocycles. The lowest BCUT2D eigenvalue weighted by atomic mass is 10.1. The number of halogens is 1. The van der Waals surface area contributed by atoms with Crippen LogP contribution in [0.3, 0.4) is 0 Å². The van der Waals surface area contributed by atoms with Gasteiger partial charge >= 0.3 is 0 Å². The fourth-order valence-electron chi connectivity index (χ4n) is 3.66. The first-order valence-electron chi connectivity index (χ1n) is 8.93. The second-order valence-corrected chi connectivity index (χ2v) is 7.20. The molecular weight excluding hydrogens is 356 g/mol. The van der Waals surface area contributed by atoms with E-state index in [-0.39, 0.29) is 17.9 Å². The molecule has 2 amide bonds. The van der Waals surface area contributed by atoms with Crippen molar-refractivity contribution in [1.82, 2.24) is 9.80 Å². The molecule has 7 heteroatoms. The molecule has 2 aromatic rings. The minimum atomic E-state index is -0.308. The van der Waals surface area contributed by atoms with Crippen molar-refractivity contribution < 1.29 is 18.7 Å². The number of hydrogen-bond donors (Lipinski definition) is 0. The molecule has 1 atom stereocenters. The number of rotatable bonds is 2. The second-order valence-electron chi connectivity index (χ2n) is 6.79. The summed E-state index contributed by atoms with van der Waals surface area (Å²) in [5.41, 5.74) is 1.34. The number of hydrogen-bond acceptors (Lipinski definition) is 4. The third kappa shape index (κ3) is 2.97. The summed E-state index contributed by atoms with van der Waals surface area (Å²) < 4.78 is 11.2. The highest BCUT2D eigenvalue weighted by Gasteiger charge is 2.32. The Morgan fingerprint density at radius 2 is 1.88 bits per heavy atom. The largest absolute Gasteiger partial charge is 0.449 e. The zero-order valence-electron chi connectivity index (χ0n) is 14.7. The lowest BCUT2D eigenvalue weighted by molar-refractivity contribution is -0.142. The van der Waals surface area contributed by atoms with Crippen molar-refractivity contribution in [1.29, 1.82) is 0 Å². The van der Waals surface area contributed by atoms with E-state index < -0.39 is 0 Å². The summed E-state index contributed by atoms with van der Waals surface area (Å²) >= 11 is 6.17. The predicted octanol–water partition coefficient (Wildman–Crippen LogP) is 2.86. The Morgan fingerprint density at radius 3 is 2.54 bits per heavy atom. The van der Waals surface area contributed by atoms with E-state index in [9.17, 15) is 9.59 Å². The monoisotopic (exact) mass is 376 g/mol. The molecule has 6 nitrogen and oxygen atoms in total. The third-order valence-corrected chi connectivity index (χ3v) is 5.49. The van der Waals surface area contributed by atoms with E-state index in [2.05, 4.69) is 0 Å². The van der Waals surface area contributed by atoms with Crippen LogP contribution < -0.4 is 0 Å². The standard InChI is InChI=1S/C19H21ClN2O4/c1-12-13-4-2-5-14(20)17(13)26-16(12)19(24)22-9-7-21(8-10-22)18(23)15-6-3-11-25-15/h2,4-5,15H,3,6-11H2,1H3/t15-/m1/s1. The number of amides is 2. The zero-order valence-corrected chi connectivity index (χ0v) is 15.4. The Kier molecular flexibility index (Phi) is 4.63. The van der Waals surface area contributed by atoms with Gasteiger partial charge in [0.15, 0.2) is 11.3 Å². The number of carbonyl (C=O) groups is 2. The fourth-order valence-corrected chi connectivity index (χ4v) is 3.88. The van der Waals surface area contributed by atoms with E-state index >= 15 is 0 Å². The van der Waals surface area contributed by atoms with E-state index in [0.717, 1.165) is 23.8 Å². The SMILES string of the molecule is Cc1c(C(=O)N2CCN(C(=O)[C@H]3CCCO3)CC2)oc2c(Cl)cccc12. The Balaban J connectivity index is 1.46. The van der Waals surface area contributed by atoms with E-state index in [1.165, 1.54) is 0 Å².